The van der Waals surface area contributed by atoms with Crippen LogP contribution in [0.3, 0.4) is 0 Å². The van der Waals surface area contributed by atoms with E-state index in [1.807, 2.05) is 47.4 Å². The van der Waals surface area contributed by atoms with Crippen molar-refractivity contribution in [3.8, 4) is 11.4 Å². The molecule has 5 heterocycles. The molecule has 2 saturated heterocycles. The number of carbonyl (C=O) groups is 3. The maximum Gasteiger partial charge on any atom is 0.255 e. The Kier molecular flexibility index (Phi) is 5.75. The van der Waals surface area contributed by atoms with Crippen LogP contribution in [0.5, 0.6) is 5.75 Å². The second-order valence-corrected chi connectivity index (χ2v) is 11.4. The number of amides is 3. The van der Waals surface area contributed by atoms with E-state index in [0.717, 1.165) is 55.0 Å². The fourth-order valence-electron chi connectivity index (χ4n) is 6.51. The second kappa shape index (κ2) is 9.20. The van der Waals surface area contributed by atoms with Crippen molar-refractivity contribution in [2.24, 2.45) is 0 Å². The van der Waals surface area contributed by atoms with Gasteiger partial charge in [0.05, 0.1) is 30.1 Å². The first-order valence-corrected chi connectivity index (χ1v) is 13.7. The quantitative estimate of drug-likeness (QED) is 0.506. The Labute approximate surface area is 230 Å². The number of aromatic nitrogens is 2. The molecule has 9 nitrogen and oxygen atoms in total. The summed E-state index contributed by atoms with van der Waals surface area (Å²) in [6, 6.07) is 11.0. The summed E-state index contributed by atoms with van der Waals surface area (Å²) in [6.07, 6.45) is 6.45. The van der Waals surface area contributed by atoms with E-state index in [1.54, 1.807) is 4.90 Å². The van der Waals surface area contributed by atoms with E-state index < -0.39 is 11.9 Å². The van der Waals surface area contributed by atoms with Gasteiger partial charge in [-0.25, -0.2) is 4.68 Å². The average Bonchev–Trinajstić information content (AvgIpc) is 3.63. The van der Waals surface area contributed by atoms with Gasteiger partial charge in [0, 0.05) is 46.8 Å². The Morgan fingerprint density at radius 2 is 1.92 bits per heavy atom. The first-order chi connectivity index (χ1) is 18.9. The highest BCUT2D eigenvalue weighted by molar-refractivity contribution is 6.32. The largest absolute Gasteiger partial charge is 0.492 e. The highest BCUT2D eigenvalue weighted by Gasteiger charge is 2.47. The molecule has 0 saturated carbocycles. The molecule has 200 valence electrons. The van der Waals surface area contributed by atoms with Gasteiger partial charge in [-0.3, -0.25) is 24.6 Å². The van der Waals surface area contributed by atoms with Crippen molar-refractivity contribution in [1.82, 2.24) is 24.9 Å². The van der Waals surface area contributed by atoms with Crippen molar-refractivity contribution >= 4 is 29.3 Å². The molecule has 3 amide bonds. The summed E-state index contributed by atoms with van der Waals surface area (Å²) < 4.78 is 8.13. The van der Waals surface area contributed by atoms with Crippen LogP contribution in [0.25, 0.3) is 5.69 Å². The average molecular weight is 546 g/mol. The fraction of sp³-hybridized carbons (Fsp3) is 0.379. The minimum atomic E-state index is -0.626. The molecule has 2 fully saturated rings. The van der Waals surface area contributed by atoms with Gasteiger partial charge in [0.2, 0.25) is 11.8 Å². The molecule has 39 heavy (non-hydrogen) atoms. The predicted octanol–water partition coefficient (Wildman–Crippen LogP) is 3.21. The number of ether oxygens (including phenoxy) is 1. The van der Waals surface area contributed by atoms with Crippen LogP contribution in [0, 0.1) is 0 Å². The Morgan fingerprint density at radius 3 is 2.72 bits per heavy atom. The van der Waals surface area contributed by atoms with E-state index in [0.29, 0.717) is 30.2 Å². The van der Waals surface area contributed by atoms with Gasteiger partial charge in [-0.05, 0) is 50.6 Å². The zero-order valence-electron chi connectivity index (χ0n) is 21.4. The lowest BCUT2D eigenvalue weighted by Gasteiger charge is -2.38. The highest BCUT2D eigenvalue weighted by Crippen LogP contribution is 2.49. The first kappa shape index (κ1) is 24.4. The van der Waals surface area contributed by atoms with Crippen LogP contribution in [0.2, 0.25) is 5.02 Å². The number of hydrogen-bond acceptors (Lipinski definition) is 6. The smallest absolute Gasteiger partial charge is 0.255 e. The zero-order chi connectivity index (χ0) is 26.7. The number of halogens is 1. The molecule has 0 bridgehead atoms. The topological polar surface area (TPSA) is 96.8 Å². The van der Waals surface area contributed by atoms with Gasteiger partial charge in [-0.2, -0.15) is 5.10 Å². The lowest BCUT2D eigenvalue weighted by atomic mass is 9.74. The van der Waals surface area contributed by atoms with Crippen molar-refractivity contribution in [3.05, 3.63) is 76.1 Å². The van der Waals surface area contributed by atoms with E-state index in [-0.39, 0.29) is 23.7 Å². The number of fused-ring (bicyclic) bond motifs is 4. The van der Waals surface area contributed by atoms with Crippen LogP contribution in [-0.2, 0) is 28.1 Å². The molecule has 4 aliphatic rings. The molecule has 4 aliphatic heterocycles. The predicted molar refractivity (Wildman–Crippen MR) is 143 cm³/mol. The number of carbonyl (C=O) groups excluding carboxylic acids is 3. The van der Waals surface area contributed by atoms with Gasteiger partial charge in [0.1, 0.15) is 11.8 Å². The minimum Gasteiger partial charge on any atom is -0.492 e. The number of hydrogen-bond donors (Lipinski definition) is 1. The number of rotatable bonds is 4. The summed E-state index contributed by atoms with van der Waals surface area (Å²) in [7, 11) is 0. The lowest BCUT2D eigenvalue weighted by molar-refractivity contribution is -0.136. The van der Waals surface area contributed by atoms with Gasteiger partial charge in [0.15, 0.2) is 0 Å². The number of para-hydroxylation sites is 1. The monoisotopic (exact) mass is 545 g/mol. The van der Waals surface area contributed by atoms with Gasteiger partial charge >= 0.3 is 0 Å². The molecule has 0 radical (unpaired) electrons. The zero-order valence-corrected chi connectivity index (χ0v) is 22.1. The van der Waals surface area contributed by atoms with Gasteiger partial charge in [-0.15, -0.1) is 0 Å². The Balaban J connectivity index is 1.05. The van der Waals surface area contributed by atoms with Crippen molar-refractivity contribution in [2.45, 2.75) is 50.2 Å². The van der Waals surface area contributed by atoms with E-state index >= 15 is 0 Å². The van der Waals surface area contributed by atoms with Crippen LogP contribution in [0.15, 0.2) is 48.8 Å². The van der Waals surface area contributed by atoms with Gasteiger partial charge in [0.25, 0.3) is 5.91 Å². The molecule has 3 aromatic rings. The summed E-state index contributed by atoms with van der Waals surface area (Å²) in [5.74, 6) is -0.0392. The number of likely N-dealkylation sites (tertiary alicyclic amines) is 1. The molecule has 0 aliphatic carbocycles. The standard InChI is InChI=1S/C29H28ClN5O4/c30-22-3-1-2-4-23(22)35-15-18(13-31-35)14-33-11-9-29(10-12-33)17-39-26-20-16-34(24-7-8-25(36)32-27(24)37)28(38)19(20)5-6-21(26)29/h1-6,13,15,24H,7-12,14,16-17H2,(H,32,36,37). The normalized spacial score (nSPS) is 22.1. The van der Waals surface area contributed by atoms with E-state index in [2.05, 4.69) is 21.4 Å². The molecular weight excluding hydrogens is 518 g/mol. The maximum absolute atomic E-state index is 13.2. The third-order valence-corrected chi connectivity index (χ3v) is 9.01. The van der Waals surface area contributed by atoms with Crippen molar-refractivity contribution in [1.29, 1.82) is 0 Å². The summed E-state index contributed by atoms with van der Waals surface area (Å²) >= 11 is 6.34. The summed E-state index contributed by atoms with van der Waals surface area (Å²) in [5.41, 5.74) is 4.57. The van der Waals surface area contributed by atoms with E-state index in [4.69, 9.17) is 16.3 Å². The second-order valence-electron chi connectivity index (χ2n) is 11.0. The Bertz CT molecular complexity index is 1510. The molecule has 10 heteroatoms. The number of nitrogens with one attached hydrogen (secondary N) is 1. The van der Waals surface area contributed by atoms with E-state index in [1.165, 1.54) is 5.56 Å². The van der Waals surface area contributed by atoms with Crippen molar-refractivity contribution < 1.29 is 19.1 Å². The molecule has 1 N–H and O–H groups in total. The number of benzene rings is 2. The van der Waals surface area contributed by atoms with Crippen LogP contribution in [-0.4, -0.2) is 63.0 Å². The van der Waals surface area contributed by atoms with Crippen LogP contribution in [0.4, 0.5) is 0 Å². The van der Waals surface area contributed by atoms with Crippen LogP contribution >= 0.6 is 11.6 Å². The van der Waals surface area contributed by atoms with Crippen molar-refractivity contribution in [2.75, 3.05) is 19.7 Å². The molecule has 1 spiro atoms. The molecule has 1 atom stereocenters. The molecule has 2 aromatic carbocycles. The summed E-state index contributed by atoms with van der Waals surface area (Å²) in [6.45, 7) is 3.61. The SMILES string of the molecule is O=C1CCC(N2Cc3c(ccc4c3OCC43CCN(Cc4cnn(-c5ccccc5Cl)c4)CC3)C2=O)C(=O)N1. The maximum atomic E-state index is 13.2. The van der Waals surface area contributed by atoms with Crippen molar-refractivity contribution in [3.63, 3.8) is 0 Å². The number of piperidine rings is 2. The van der Waals surface area contributed by atoms with Crippen LogP contribution < -0.4 is 10.1 Å². The molecule has 1 aromatic heterocycles. The third kappa shape index (κ3) is 4.03. The number of nitrogens with zero attached hydrogens (tertiary/aromatic N) is 4. The summed E-state index contributed by atoms with van der Waals surface area (Å²) in [5, 5.41) is 7.55. The molecule has 7 rings (SSSR count). The summed E-state index contributed by atoms with van der Waals surface area (Å²) in [4.78, 5) is 41.3. The van der Waals surface area contributed by atoms with Gasteiger partial charge < -0.3 is 9.64 Å². The Morgan fingerprint density at radius 1 is 1.10 bits per heavy atom. The molecular formula is C29H28ClN5O4. The highest BCUT2D eigenvalue weighted by atomic mass is 35.5. The first-order valence-electron chi connectivity index (χ1n) is 13.4. The van der Waals surface area contributed by atoms with E-state index in [9.17, 15) is 14.4 Å². The number of imide groups is 1. The lowest BCUT2D eigenvalue weighted by Crippen LogP contribution is -2.52. The Hall–Kier alpha value is -3.69. The molecule has 1 unspecified atom stereocenters. The minimum absolute atomic E-state index is 0.0757. The third-order valence-electron chi connectivity index (χ3n) is 8.69. The van der Waals surface area contributed by atoms with Gasteiger partial charge in [-0.1, -0.05) is 29.8 Å². The fourth-order valence-corrected chi connectivity index (χ4v) is 6.73. The van der Waals surface area contributed by atoms with Crippen LogP contribution in [0.1, 0.15) is 52.7 Å².